The lowest BCUT2D eigenvalue weighted by molar-refractivity contribution is -0.145. The number of aliphatic hydroxyl groups excluding tert-OH is 1. The van der Waals surface area contributed by atoms with Gasteiger partial charge in [0.05, 0.1) is 6.61 Å². The van der Waals surface area contributed by atoms with Gasteiger partial charge in [-0.15, -0.1) is 0 Å². The number of unbranched alkanes of at least 4 members (excludes halogenated alkanes) is 5. The molecule has 0 fully saturated rings. The van der Waals surface area contributed by atoms with Gasteiger partial charge in [-0.05, 0) is 26.7 Å². The lowest BCUT2D eigenvalue weighted by Gasteiger charge is -2.14. The summed E-state index contributed by atoms with van der Waals surface area (Å²) in [6.45, 7) is 4.53. The SMILES string of the molecule is CC(C)(I)C(=O)OCCCCCCCCO. The average Bonchev–Trinajstić information content (AvgIpc) is 2.20. The molecule has 0 aliphatic carbocycles. The fourth-order valence-electron chi connectivity index (χ4n) is 1.26. The Morgan fingerprint density at radius 1 is 1.12 bits per heavy atom. The van der Waals surface area contributed by atoms with Gasteiger partial charge in [-0.2, -0.15) is 0 Å². The minimum absolute atomic E-state index is 0.131. The summed E-state index contributed by atoms with van der Waals surface area (Å²) in [5.74, 6) is -0.131. The van der Waals surface area contributed by atoms with Crippen LogP contribution in [0.4, 0.5) is 0 Å². The fraction of sp³-hybridized carbons (Fsp3) is 0.917. The molecule has 4 heteroatoms. The van der Waals surface area contributed by atoms with Crippen molar-refractivity contribution in [2.45, 2.75) is 55.8 Å². The summed E-state index contributed by atoms with van der Waals surface area (Å²) in [6, 6.07) is 0. The van der Waals surface area contributed by atoms with Gasteiger partial charge in [0.25, 0.3) is 0 Å². The van der Waals surface area contributed by atoms with E-state index in [9.17, 15) is 4.79 Å². The van der Waals surface area contributed by atoms with E-state index in [0.29, 0.717) is 13.2 Å². The molecule has 96 valence electrons. The van der Waals surface area contributed by atoms with Crippen molar-refractivity contribution < 1.29 is 14.6 Å². The number of carbonyl (C=O) groups excluding carboxylic acids is 1. The molecule has 0 aliphatic heterocycles. The number of carbonyl (C=O) groups is 1. The molecule has 0 atom stereocenters. The minimum atomic E-state index is -0.418. The maximum atomic E-state index is 11.4. The zero-order valence-corrected chi connectivity index (χ0v) is 12.5. The molecule has 0 aliphatic rings. The number of hydrogen-bond donors (Lipinski definition) is 1. The molecule has 3 nitrogen and oxygen atoms in total. The third-order valence-corrected chi connectivity index (χ3v) is 2.71. The first-order chi connectivity index (χ1) is 7.48. The Morgan fingerprint density at radius 2 is 1.62 bits per heavy atom. The second-order valence-electron chi connectivity index (χ2n) is 4.45. The van der Waals surface area contributed by atoms with Crippen LogP contribution in [-0.4, -0.2) is 27.7 Å². The van der Waals surface area contributed by atoms with E-state index in [1.807, 2.05) is 13.8 Å². The summed E-state index contributed by atoms with van der Waals surface area (Å²) >= 11 is 2.09. The summed E-state index contributed by atoms with van der Waals surface area (Å²) in [4.78, 5) is 11.4. The predicted octanol–water partition coefficient (Wildman–Crippen LogP) is 3.08. The standard InChI is InChI=1S/C12H23IO3/c1-12(2,13)11(15)16-10-8-6-4-3-5-7-9-14/h14H,3-10H2,1-2H3. The Kier molecular flexibility index (Phi) is 9.31. The third kappa shape index (κ3) is 9.39. The zero-order chi connectivity index (χ0) is 12.4. The maximum absolute atomic E-state index is 11.4. The molecule has 0 saturated heterocycles. The fourth-order valence-corrected chi connectivity index (χ4v) is 1.41. The molecule has 0 bridgehead atoms. The molecule has 0 rings (SSSR count). The van der Waals surface area contributed by atoms with Crippen molar-refractivity contribution in [3.05, 3.63) is 0 Å². The molecule has 0 radical (unpaired) electrons. The maximum Gasteiger partial charge on any atom is 0.321 e. The number of ether oxygens (including phenoxy) is 1. The largest absolute Gasteiger partial charge is 0.465 e. The van der Waals surface area contributed by atoms with E-state index in [2.05, 4.69) is 22.6 Å². The molecule has 0 saturated carbocycles. The summed E-state index contributed by atoms with van der Waals surface area (Å²) in [7, 11) is 0. The first-order valence-corrected chi connectivity index (χ1v) is 7.03. The Balaban J connectivity index is 3.25. The van der Waals surface area contributed by atoms with Gasteiger partial charge in [0, 0.05) is 6.61 Å². The van der Waals surface area contributed by atoms with E-state index in [4.69, 9.17) is 9.84 Å². The zero-order valence-electron chi connectivity index (χ0n) is 10.3. The first kappa shape index (κ1) is 16.2. The topological polar surface area (TPSA) is 46.5 Å². The van der Waals surface area contributed by atoms with Crippen LogP contribution in [0, 0.1) is 0 Å². The molecular formula is C12H23IO3. The van der Waals surface area contributed by atoms with Crippen LogP contribution in [0.5, 0.6) is 0 Å². The summed E-state index contributed by atoms with van der Waals surface area (Å²) in [5, 5.41) is 8.59. The lowest BCUT2D eigenvalue weighted by atomic mass is 10.1. The molecule has 0 aromatic rings. The highest BCUT2D eigenvalue weighted by Gasteiger charge is 2.24. The van der Waals surface area contributed by atoms with Gasteiger partial charge >= 0.3 is 5.97 Å². The van der Waals surface area contributed by atoms with Gasteiger partial charge < -0.3 is 9.84 Å². The molecule has 0 heterocycles. The van der Waals surface area contributed by atoms with E-state index in [1.165, 1.54) is 0 Å². The monoisotopic (exact) mass is 342 g/mol. The number of alkyl halides is 1. The summed E-state index contributed by atoms with van der Waals surface area (Å²) in [5.41, 5.74) is 0. The van der Waals surface area contributed by atoms with Crippen LogP contribution in [-0.2, 0) is 9.53 Å². The average molecular weight is 342 g/mol. The van der Waals surface area contributed by atoms with Gasteiger partial charge in [-0.3, -0.25) is 4.79 Å². The second kappa shape index (κ2) is 9.22. The van der Waals surface area contributed by atoms with Crippen LogP contribution in [0.2, 0.25) is 0 Å². The van der Waals surface area contributed by atoms with E-state index in [0.717, 1.165) is 38.5 Å². The highest BCUT2D eigenvalue weighted by Crippen LogP contribution is 2.18. The van der Waals surface area contributed by atoms with Crippen molar-refractivity contribution in [3.63, 3.8) is 0 Å². The van der Waals surface area contributed by atoms with Crippen LogP contribution >= 0.6 is 22.6 Å². The number of halogens is 1. The molecular weight excluding hydrogens is 319 g/mol. The summed E-state index contributed by atoms with van der Waals surface area (Å²) < 4.78 is 4.73. The Labute approximate surface area is 112 Å². The third-order valence-electron chi connectivity index (χ3n) is 2.27. The number of aliphatic hydroxyl groups is 1. The molecule has 1 N–H and O–H groups in total. The van der Waals surface area contributed by atoms with Crippen molar-refractivity contribution in [2.75, 3.05) is 13.2 Å². The van der Waals surface area contributed by atoms with Gasteiger partial charge in [0.1, 0.15) is 3.42 Å². The quantitative estimate of drug-likeness (QED) is 0.303. The number of hydrogen-bond acceptors (Lipinski definition) is 3. The van der Waals surface area contributed by atoms with Crippen molar-refractivity contribution in [3.8, 4) is 0 Å². The van der Waals surface area contributed by atoms with Gasteiger partial charge in [-0.25, -0.2) is 0 Å². The van der Waals surface area contributed by atoms with E-state index in [1.54, 1.807) is 0 Å². The van der Waals surface area contributed by atoms with Crippen LogP contribution in [0.3, 0.4) is 0 Å². The van der Waals surface area contributed by atoms with Crippen molar-refractivity contribution in [1.82, 2.24) is 0 Å². The van der Waals surface area contributed by atoms with Crippen molar-refractivity contribution >= 4 is 28.6 Å². The molecule has 0 unspecified atom stereocenters. The lowest BCUT2D eigenvalue weighted by Crippen LogP contribution is -2.26. The van der Waals surface area contributed by atoms with Crippen LogP contribution in [0.25, 0.3) is 0 Å². The normalized spacial score (nSPS) is 11.5. The van der Waals surface area contributed by atoms with Gasteiger partial charge in [0.15, 0.2) is 0 Å². The van der Waals surface area contributed by atoms with Crippen molar-refractivity contribution in [2.24, 2.45) is 0 Å². The van der Waals surface area contributed by atoms with Gasteiger partial charge in [-0.1, -0.05) is 48.3 Å². The Bertz CT molecular complexity index is 187. The van der Waals surface area contributed by atoms with Crippen LogP contribution < -0.4 is 0 Å². The molecule has 16 heavy (non-hydrogen) atoms. The predicted molar refractivity (Wildman–Crippen MR) is 73.8 cm³/mol. The highest BCUT2D eigenvalue weighted by atomic mass is 127. The molecule has 0 aromatic carbocycles. The number of esters is 1. The second-order valence-corrected chi connectivity index (χ2v) is 7.15. The molecule has 0 amide bonds. The molecule has 0 aromatic heterocycles. The van der Waals surface area contributed by atoms with E-state index in [-0.39, 0.29) is 5.97 Å². The smallest absolute Gasteiger partial charge is 0.321 e. The first-order valence-electron chi connectivity index (χ1n) is 5.95. The van der Waals surface area contributed by atoms with Gasteiger partial charge in [0.2, 0.25) is 0 Å². The van der Waals surface area contributed by atoms with E-state index < -0.39 is 3.42 Å². The van der Waals surface area contributed by atoms with Crippen LogP contribution in [0.1, 0.15) is 52.4 Å². The summed E-state index contributed by atoms with van der Waals surface area (Å²) in [6.07, 6.45) is 6.35. The van der Waals surface area contributed by atoms with Crippen molar-refractivity contribution in [1.29, 1.82) is 0 Å². The highest BCUT2D eigenvalue weighted by molar-refractivity contribution is 14.1. The minimum Gasteiger partial charge on any atom is -0.465 e. The van der Waals surface area contributed by atoms with Crippen LogP contribution in [0.15, 0.2) is 0 Å². The number of rotatable bonds is 9. The van der Waals surface area contributed by atoms with E-state index >= 15 is 0 Å². The molecule has 0 spiro atoms. The Hall–Kier alpha value is 0.160. The Morgan fingerprint density at radius 3 is 2.12 bits per heavy atom.